The zero-order valence-corrected chi connectivity index (χ0v) is 11.7. The van der Waals surface area contributed by atoms with Crippen LogP contribution in [0.2, 0.25) is 5.02 Å². The average Bonchev–Trinajstić information content (AvgIpc) is 2.30. The van der Waals surface area contributed by atoms with Crippen molar-refractivity contribution in [2.45, 2.75) is 0 Å². The first kappa shape index (κ1) is 15.5. The Morgan fingerprint density at radius 2 is 2.16 bits per heavy atom. The van der Waals surface area contributed by atoms with Gasteiger partial charge in [-0.05, 0) is 12.1 Å². The molecule has 0 saturated carbocycles. The molecule has 0 bridgehead atoms. The number of ether oxygens (including phenoxy) is 1. The molecule has 1 aromatic carbocycles. The predicted molar refractivity (Wildman–Crippen MR) is 73.0 cm³/mol. The van der Waals surface area contributed by atoms with E-state index in [4.69, 9.17) is 21.5 Å². The Labute approximate surface area is 116 Å². The molecule has 0 radical (unpaired) electrons. The van der Waals surface area contributed by atoms with Crippen LogP contribution in [0.3, 0.4) is 0 Å². The molecule has 1 aromatic rings. The lowest BCUT2D eigenvalue weighted by atomic mass is 10.3. The fourth-order valence-corrected chi connectivity index (χ4v) is 1.80. The van der Waals surface area contributed by atoms with Gasteiger partial charge >= 0.3 is 6.03 Å². The van der Waals surface area contributed by atoms with Crippen LogP contribution in [0.5, 0.6) is 5.75 Å². The Kier molecular flexibility index (Phi) is 5.40. The molecule has 0 aromatic heterocycles. The molecule has 19 heavy (non-hydrogen) atoms. The Hall–Kier alpha value is -1.51. The maximum absolute atomic E-state index is 11.5. The molecule has 0 spiro atoms. The van der Waals surface area contributed by atoms with Crippen molar-refractivity contribution < 1.29 is 17.9 Å². The second-order valence-corrected chi connectivity index (χ2v) is 5.73. The van der Waals surface area contributed by atoms with Gasteiger partial charge in [0.15, 0.2) is 0 Å². The third kappa shape index (κ3) is 5.77. The molecule has 0 aliphatic carbocycles. The minimum atomic E-state index is -3.59. The Morgan fingerprint density at radius 1 is 1.47 bits per heavy atom. The molecule has 0 aliphatic rings. The van der Waals surface area contributed by atoms with Crippen LogP contribution >= 0.6 is 11.6 Å². The molecule has 0 aliphatic heterocycles. The lowest BCUT2D eigenvalue weighted by molar-refractivity contribution is 0.252. The topological polar surface area (TPSA) is 111 Å². The van der Waals surface area contributed by atoms with E-state index in [2.05, 4.69) is 10.6 Å². The maximum atomic E-state index is 11.5. The van der Waals surface area contributed by atoms with Crippen molar-refractivity contribution in [1.29, 1.82) is 0 Å². The van der Waals surface area contributed by atoms with Crippen molar-refractivity contribution in [2.75, 3.05) is 24.7 Å². The zero-order chi connectivity index (χ0) is 14.5. The molecule has 0 saturated heterocycles. The lowest BCUT2D eigenvalue weighted by Crippen LogP contribution is -2.34. The number of nitrogens with two attached hydrogens (primary N) is 1. The number of halogens is 1. The van der Waals surface area contributed by atoms with E-state index >= 15 is 0 Å². The summed E-state index contributed by atoms with van der Waals surface area (Å²) in [4.78, 5) is 11.5. The number of anilines is 1. The molecule has 106 valence electrons. The summed E-state index contributed by atoms with van der Waals surface area (Å²) in [5, 5.41) is 9.92. The summed E-state index contributed by atoms with van der Waals surface area (Å²) in [5.41, 5.74) is 0.385. The van der Waals surface area contributed by atoms with Crippen LogP contribution in [0.1, 0.15) is 0 Å². The standard InChI is InChI=1S/C10H14ClN3O4S/c1-18-7-2-3-9(8(11)6-7)14-10(15)13-4-5-19(12,16)17/h2-3,6H,4-5H2,1H3,(H2,12,16,17)(H2,13,14,15). The summed E-state index contributed by atoms with van der Waals surface area (Å²) in [6, 6.07) is 4.17. The normalized spacial score (nSPS) is 10.9. The van der Waals surface area contributed by atoms with Crippen molar-refractivity contribution in [2.24, 2.45) is 5.14 Å². The number of rotatable bonds is 5. The van der Waals surface area contributed by atoms with E-state index in [1.165, 1.54) is 7.11 Å². The second kappa shape index (κ2) is 6.60. The summed E-state index contributed by atoms with van der Waals surface area (Å²) in [6.45, 7) is -0.0849. The van der Waals surface area contributed by atoms with Crippen molar-refractivity contribution in [3.63, 3.8) is 0 Å². The molecule has 0 atom stereocenters. The van der Waals surface area contributed by atoms with Gasteiger partial charge in [0.1, 0.15) is 5.75 Å². The molecule has 0 heterocycles. The van der Waals surface area contributed by atoms with Crippen molar-refractivity contribution >= 4 is 33.3 Å². The van der Waals surface area contributed by atoms with Gasteiger partial charge in [0, 0.05) is 12.6 Å². The summed E-state index contributed by atoms with van der Waals surface area (Å²) in [7, 11) is -2.10. The highest BCUT2D eigenvalue weighted by atomic mass is 35.5. The first-order valence-electron chi connectivity index (χ1n) is 5.20. The fourth-order valence-electron chi connectivity index (χ4n) is 1.20. The second-order valence-electron chi connectivity index (χ2n) is 3.59. The Balaban J connectivity index is 2.53. The highest BCUT2D eigenvalue weighted by Gasteiger charge is 2.08. The third-order valence-corrected chi connectivity index (χ3v) is 3.18. The SMILES string of the molecule is COc1ccc(NC(=O)NCCS(N)(=O)=O)c(Cl)c1. The molecular formula is C10H14ClN3O4S. The van der Waals surface area contributed by atoms with E-state index in [0.717, 1.165) is 0 Å². The van der Waals surface area contributed by atoms with Crippen LogP contribution in [-0.4, -0.2) is 33.9 Å². The summed E-state index contributed by atoms with van der Waals surface area (Å²) < 4.78 is 26.3. The quantitative estimate of drug-likeness (QED) is 0.745. The van der Waals surface area contributed by atoms with Gasteiger partial charge in [0.25, 0.3) is 0 Å². The van der Waals surface area contributed by atoms with Crippen molar-refractivity contribution in [3.8, 4) is 5.75 Å². The number of methoxy groups -OCH3 is 1. The molecule has 2 amide bonds. The number of nitrogens with one attached hydrogen (secondary N) is 2. The van der Waals surface area contributed by atoms with E-state index < -0.39 is 16.1 Å². The summed E-state index contributed by atoms with van der Waals surface area (Å²) in [6.07, 6.45) is 0. The molecule has 9 heteroatoms. The first-order valence-corrected chi connectivity index (χ1v) is 7.30. The number of sulfonamides is 1. The molecule has 0 unspecified atom stereocenters. The van der Waals surface area contributed by atoms with Gasteiger partial charge < -0.3 is 15.4 Å². The highest BCUT2D eigenvalue weighted by molar-refractivity contribution is 7.89. The number of amides is 2. The number of urea groups is 1. The first-order chi connectivity index (χ1) is 8.81. The summed E-state index contributed by atoms with van der Waals surface area (Å²) >= 11 is 5.92. The van der Waals surface area contributed by atoms with Crippen LogP contribution in [0.4, 0.5) is 10.5 Å². The van der Waals surface area contributed by atoms with E-state index in [1.54, 1.807) is 18.2 Å². The predicted octanol–water partition coefficient (Wildman–Crippen LogP) is 0.759. The summed E-state index contributed by atoms with van der Waals surface area (Å²) in [5.74, 6) is 0.224. The van der Waals surface area contributed by atoms with Crippen LogP contribution in [-0.2, 0) is 10.0 Å². The molecule has 4 N–H and O–H groups in total. The van der Waals surface area contributed by atoms with Crippen LogP contribution < -0.4 is 20.5 Å². The van der Waals surface area contributed by atoms with Gasteiger partial charge in [-0.3, -0.25) is 0 Å². The fraction of sp³-hybridized carbons (Fsp3) is 0.300. The van der Waals surface area contributed by atoms with Gasteiger partial charge in [-0.15, -0.1) is 0 Å². The Bertz CT molecular complexity index is 562. The monoisotopic (exact) mass is 307 g/mol. The third-order valence-electron chi connectivity index (χ3n) is 2.10. The number of carbonyl (C=O) groups excluding carboxylic acids is 1. The van der Waals surface area contributed by atoms with Crippen LogP contribution in [0.15, 0.2) is 18.2 Å². The van der Waals surface area contributed by atoms with E-state index in [0.29, 0.717) is 16.5 Å². The average molecular weight is 308 g/mol. The lowest BCUT2D eigenvalue weighted by Gasteiger charge is -2.09. The number of hydrogen-bond donors (Lipinski definition) is 3. The minimum Gasteiger partial charge on any atom is -0.497 e. The van der Waals surface area contributed by atoms with Crippen LogP contribution in [0, 0.1) is 0 Å². The van der Waals surface area contributed by atoms with Crippen molar-refractivity contribution in [3.05, 3.63) is 23.2 Å². The van der Waals surface area contributed by atoms with Gasteiger partial charge in [-0.2, -0.15) is 0 Å². The van der Waals surface area contributed by atoms with E-state index in [1.807, 2.05) is 0 Å². The maximum Gasteiger partial charge on any atom is 0.319 e. The number of hydrogen-bond acceptors (Lipinski definition) is 4. The zero-order valence-electron chi connectivity index (χ0n) is 10.1. The molecule has 0 fully saturated rings. The molecule has 1 rings (SSSR count). The Morgan fingerprint density at radius 3 is 2.68 bits per heavy atom. The van der Waals surface area contributed by atoms with Gasteiger partial charge in [-0.25, -0.2) is 18.4 Å². The van der Waals surface area contributed by atoms with Crippen molar-refractivity contribution in [1.82, 2.24) is 5.32 Å². The number of carbonyl (C=O) groups is 1. The van der Waals surface area contributed by atoms with Gasteiger partial charge in [0.2, 0.25) is 10.0 Å². The number of benzene rings is 1. The highest BCUT2D eigenvalue weighted by Crippen LogP contribution is 2.26. The largest absolute Gasteiger partial charge is 0.497 e. The van der Waals surface area contributed by atoms with E-state index in [9.17, 15) is 13.2 Å². The minimum absolute atomic E-state index is 0.0849. The number of primary sulfonamides is 1. The smallest absolute Gasteiger partial charge is 0.319 e. The molecule has 7 nitrogen and oxygen atoms in total. The van der Waals surface area contributed by atoms with Gasteiger partial charge in [-0.1, -0.05) is 11.6 Å². The van der Waals surface area contributed by atoms with E-state index in [-0.39, 0.29) is 12.3 Å². The molecular weight excluding hydrogens is 294 g/mol. The van der Waals surface area contributed by atoms with Gasteiger partial charge in [0.05, 0.1) is 23.6 Å². The van der Waals surface area contributed by atoms with Crippen LogP contribution in [0.25, 0.3) is 0 Å².